The Bertz CT molecular complexity index is 333. The number of hydrogen-bond donors (Lipinski definition) is 2. The Balaban J connectivity index is 2.23. The van der Waals surface area contributed by atoms with Crippen LogP contribution in [0.15, 0.2) is 0 Å². The number of carbonyl (C=O) groups is 1. The second-order valence-corrected chi connectivity index (χ2v) is 3.95. The number of hydrogen-bond acceptors (Lipinski definition) is 3. The lowest BCUT2D eigenvalue weighted by molar-refractivity contribution is -0.119. The molecule has 6 heteroatoms. The van der Waals surface area contributed by atoms with Crippen molar-refractivity contribution in [1.82, 2.24) is 10.6 Å². The molecule has 2 unspecified atom stereocenters. The van der Waals surface area contributed by atoms with Gasteiger partial charge in [0.15, 0.2) is 0 Å². The smallest absolute Gasteiger partial charge is 0.228 e. The summed E-state index contributed by atoms with van der Waals surface area (Å²) in [4.78, 5) is 11.1. The van der Waals surface area contributed by atoms with Gasteiger partial charge in [-0.3, -0.25) is 10.1 Å². The molecule has 2 atom stereocenters. The van der Waals surface area contributed by atoms with Crippen LogP contribution in [0.5, 0.6) is 0 Å². The molecule has 0 bridgehead atoms. The Kier molecular flexibility index (Phi) is 1.66. The molecule has 1 amide bonds. The maximum Gasteiger partial charge on any atom is 0.228 e. The van der Waals surface area contributed by atoms with Crippen molar-refractivity contribution in [3.05, 3.63) is 0 Å². The maximum atomic E-state index is 10.8. The van der Waals surface area contributed by atoms with E-state index in [4.69, 9.17) is 0 Å². The topological polar surface area (TPSA) is 75.3 Å². The molecule has 2 fully saturated rings. The van der Waals surface area contributed by atoms with Crippen molar-refractivity contribution in [2.75, 3.05) is 0 Å². The third-order valence-electron chi connectivity index (χ3n) is 2.19. The van der Waals surface area contributed by atoms with Gasteiger partial charge >= 0.3 is 0 Å². The predicted molar refractivity (Wildman–Crippen MR) is 42.0 cm³/mol. The van der Waals surface area contributed by atoms with Crippen LogP contribution in [0.3, 0.4) is 0 Å². The molecule has 5 nitrogen and oxygen atoms in total. The Morgan fingerprint density at radius 2 is 1.83 bits per heavy atom. The Labute approximate surface area is 70.7 Å². The van der Waals surface area contributed by atoms with E-state index < -0.39 is 10.3 Å². The summed E-state index contributed by atoms with van der Waals surface area (Å²) in [6, 6.07) is -0.0456. The molecule has 0 aliphatic carbocycles. The van der Waals surface area contributed by atoms with E-state index >= 15 is 0 Å². The fourth-order valence-corrected chi connectivity index (χ4v) is 2.20. The standard InChI is InChI=1S/C6H8N2O3S/c9-5-1-3-4(7-5)2-6(8-3)12(10)11/h3-4,8H,1-2H2,(H,7,9). The van der Waals surface area contributed by atoms with Gasteiger partial charge < -0.3 is 5.32 Å². The average Bonchev–Trinajstić information content (AvgIpc) is 2.42. The number of rotatable bonds is 0. The summed E-state index contributed by atoms with van der Waals surface area (Å²) in [5, 5.41) is 5.51. The van der Waals surface area contributed by atoms with Gasteiger partial charge in [0.25, 0.3) is 0 Å². The van der Waals surface area contributed by atoms with Crippen molar-refractivity contribution in [1.29, 1.82) is 0 Å². The second-order valence-electron chi connectivity index (χ2n) is 2.99. The number of nitrogens with one attached hydrogen (secondary N) is 2. The molecule has 66 valence electrons. The van der Waals surface area contributed by atoms with Crippen LogP contribution in [-0.4, -0.2) is 31.4 Å². The lowest BCUT2D eigenvalue weighted by Crippen LogP contribution is -2.30. The second kappa shape index (κ2) is 2.56. The van der Waals surface area contributed by atoms with E-state index in [1.165, 1.54) is 0 Å². The van der Waals surface area contributed by atoms with Crippen LogP contribution in [0.2, 0.25) is 0 Å². The highest BCUT2D eigenvalue weighted by atomic mass is 32.2. The molecule has 2 N–H and O–H groups in total. The molecule has 2 heterocycles. The monoisotopic (exact) mass is 188 g/mol. The summed E-state index contributed by atoms with van der Waals surface area (Å²) in [5.41, 5.74) is 0. The largest absolute Gasteiger partial charge is 0.351 e. The normalized spacial score (nSPS) is 33.3. The molecule has 12 heavy (non-hydrogen) atoms. The summed E-state index contributed by atoms with van der Waals surface area (Å²) in [5.74, 6) is -0.00627. The molecule has 2 rings (SSSR count). The summed E-state index contributed by atoms with van der Waals surface area (Å²) >= 11 is 0. The zero-order valence-electron chi connectivity index (χ0n) is 6.20. The quantitative estimate of drug-likeness (QED) is 0.442. The van der Waals surface area contributed by atoms with E-state index in [1.54, 1.807) is 0 Å². The number of fused-ring (bicyclic) bond motifs is 1. The zero-order valence-corrected chi connectivity index (χ0v) is 7.02. The van der Waals surface area contributed by atoms with Crippen molar-refractivity contribution >= 4 is 21.2 Å². The highest BCUT2D eigenvalue weighted by Gasteiger charge is 2.39. The van der Waals surface area contributed by atoms with Gasteiger partial charge in [0.05, 0.1) is 6.04 Å². The van der Waals surface area contributed by atoms with Gasteiger partial charge in [-0.25, -0.2) is 0 Å². The summed E-state index contributed by atoms with van der Waals surface area (Å²) in [7, 11) is -2.16. The van der Waals surface area contributed by atoms with E-state index in [2.05, 4.69) is 10.6 Å². The van der Waals surface area contributed by atoms with Crippen molar-refractivity contribution in [3.63, 3.8) is 0 Å². The van der Waals surface area contributed by atoms with Crippen molar-refractivity contribution in [3.8, 4) is 0 Å². The molecule has 0 radical (unpaired) electrons. The first-order valence-corrected chi connectivity index (χ1v) is 4.75. The van der Waals surface area contributed by atoms with Gasteiger partial charge in [-0.05, 0) is 0 Å². The molecule has 2 aliphatic heterocycles. The van der Waals surface area contributed by atoms with Crippen LogP contribution in [0, 0.1) is 0 Å². The summed E-state index contributed by atoms with van der Waals surface area (Å²) in [6.45, 7) is 0. The Morgan fingerprint density at radius 3 is 2.42 bits per heavy atom. The Hall–Kier alpha value is -0.880. The molecule has 0 aromatic rings. The van der Waals surface area contributed by atoms with Gasteiger partial charge in [-0.15, -0.1) is 0 Å². The molecule has 0 spiro atoms. The molecule has 0 aromatic heterocycles. The minimum Gasteiger partial charge on any atom is -0.351 e. The average molecular weight is 188 g/mol. The fraction of sp³-hybridized carbons (Fsp3) is 0.667. The van der Waals surface area contributed by atoms with Crippen LogP contribution < -0.4 is 10.6 Å². The predicted octanol–water partition coefficient (Wildman–Crippen LogP) is -1.75. The molecule has 2 aliphatic rings. The number of carbonyl (C=O) groups excluding carboxylic acids is 1. The van der Waals surface area contributed by atoms with Crippen LogP contribution in [0.25, 0.3) is 0 Å². The molecule has 0 aromatic carbocycles. The molecule has 2 saturated heterocycles. The fourth-order valence-electron chi connectivity index (χ4n) is 1.63. The highest BCUT2D eigenvalue weighted by molar-refractivity contribution is 7.72. The zero-order chi connectivity index (χ0) is 8.72. The van der Waals surface area contributed by atoms with E-state index in [0.717, 1.165) is 0 Å². The highest BCUT2D eigenvalue weighted by Crippen LogP contribution is 2.17. The third-order valence-corrected chi connectivity index (χ3v) is 2.88. The maximum absolute atomic E-state index is 10.8. The lowest BCUT2D eigenvalue weighted by atomic mass is 10.1. The first-order chi connectivity index (χ1) is 5.66. The van der Waals surface area contributed by atoms with Crippen molar-refractivity contribution < 1.29 is 13.2 Å². The van der Waals surface area contributed by atoms with Crippen LogP contribution in [0.1, 0.15) is 12.8 Å². The van der Waals surface area contributed by atoms with E-state index in [0.29, 0.717) is 17.8 Å². The first-order valence-electron chi connectivity index (χ1n) is 3.68. The van der Waals surface area contributed by atoms with E-state index in [-0.39, 0.29) is 18.0 Å². The van der Waals surface area contributed by atoms with Gasteiger partial charge in [0.1, 0.15) is 4.99 Å². The number of amides is 1. The minimum absolute atomic E-state index is 0.00627. The van der Waals surface area contributed by atoms with Crippen molar-refractivity contribution in [2.45, 2.75) is 24.9 Å². The van der Waals surface area contributed by atoms with E-state index in [9.17, 15) is 13.2 Å². The summed E-state index contributed by atoms with van der Waals surface area (Å²) < 4.78 is 21.0. The van der Waals surface area contributed by atoms with Gasteiger partial charge in [-0.1, -0.05) is 0 Å². The molecular weight excluding hydrogens is 180 g/mol. The lowest BCUT2D eigenvalue weighted by Gasteiger charge is -2.03. The Morgan fingerprint density at radius 1 is 1.17 bits per heavy atom. The van der Waals surface area contributed by atoms with Crippen LogP contribution in [-0.2, 0) is 15.1 Å². The van der Waals surface area contributed by atoms with Crippen LogP contribution >= 0.6 is 0 Å². The van der Waals surface area contributed by atoms with Crippen LogP contribution in [0.4, 0.5) is 0 Å². The minimum atomic E-state index is -2.16. The molecular formula is C6H8N2O3S. The van der Waals surface area contributed by atoms with Gasteiger partial charge in [0.2, 0.25) is 16.2 Å². The van der Waals surface area contributed by atoms with Crippen molar-refractivity contribution in [2.24, 2.45) is 0 Å². The van der Waals surface area contributed by atoms with E-state index in [1.807, 2.05) is 0 Å². The van der Waals surface area contributed by atoms with Gasteiger partial charge in [0, 0.05) is 18.9 Å². The summed E-state index contributed by atoms with van der Waals surface area (Å²) in [6.07, 6.45) is 0.790. The SMILES string of the molecule is O=C1CC2NC(=S(=O)=O)CC2N1. The third kappa shape index (κ3) is 1.12. The first kappa shape index (κ1) is 7.75. The molecule has 0 saturated carbocycles. The van der Waals surface area contributed by atoms with Gasteiger partial charge in [-0.2, -0.15) is 8.42 Å².